The van der Waals surface area contributed by atoms with E-state index in [9.17, 15) is 9.18 Å². The molecule has 0 unspecified atom stereocenters. The van der Waals surface area contributed by atoms with Crippen molar-refractivity contribution in [1.29, 1.82) is 0 Å². The summed E-state index contributed by atoms with van der Waals surface area (Å²) < 4.78 is 14.5. The lowest BCUT2D eigenvalue weighted by Crippen LogP contribution is -2.12. The van der Waals surface area contributed by atoms with Gasteiger partial charge in [-0.05, 0) is 29.8 Å². The van der Waals surface area contributed by atoms with Crippen molar-refractivity contribution in [2.45, 2.75) is 6.54 Å². The fraction of sp³-hybridized carbons (Fsp3) is 0.0625. The predicted molar refractivity (Wildman–Crippen MR) is 84.9 cm³/mol. The summed E-state index contributed by atoms with van der Waals surface area (Å²) in [5, 5.41) is 7.01. The number of hydrogen-bond acceptors (Lipinski definition) is 3. The zero-order chi connectivity index (χ0) is 16.2. The van der Waals surface area contributed by atoms with Crippen LogP contribution in [0.3, 0.4) is 0 Å². The summed E-state index contributed by atoms with van der Waals surface area (Å²) >= 11 is 5.89. The highest BCUT2D eigenvalue weighted by Gasteiger charge is 2.11. The number of anilines is 1. The molecule has 5 nitrogen and oxygen atoms in total. The van der Waals surface area contributed by atoms with Crippen molar-refractivity contribution in [2.24, 2.45) is 0 Å². The molecule has 1 N–H and O–H groups in total. The molecular formula is C16H12ClFN4O. The first kappa shape index (κ1) is 15.2. The van der Waals surface area contributed by atoms with Crippen molar-refractivity contribution in [3.05, 3.63) is 77.1 Å². The van der Waals surface area contributed by atoms with Gasteiger partial charge in [0.2, 0.25) is 0 Å². The summed E-state index contributed by atoms with van der Waals surface area (Å²) in [5.41, 5.74) is 1.74. The van der Waals surface area contributed by atoms with E-state index < -0.39 is 0 Å². The molecule has 0 aliphatic rings. The zero-order valence-corrected chi connectivity index (χ0v) is 12.7. The van der Waals surface area contributed by atoms with Gasteiger partial charge in [0.05, 0.1) is 24.0 Å². The van der Waals surface area contributed by atoms with E-state index in [1.165, 1.54) is 24.5 Å². The molecule has 3 rings (SSSR count). The maximum Gasteiger partial charge on any atom is 0.258 e. The Kier molecular flexibility index (Phi) is 4.34. The molecule has 3 aromatic rings. The highest BCUT2D eigenvalue weighted by Crippen LogP contribution is 2.15. The number of nitrogens with zero attached hydrogens (tertiary/aromatic N) is 3. The molecule has 0 aliphatic carbocycles. The van der Waals surface area contributed by atoms with Gasteiger partial charge in [0.25, 0.3) is 5.91 Å². The van der Waals surface area contributed by atoms with Crippen LogP contribution in [0.25, 0.3) is 0 Å². The molecule has 1 aromatic carbocycles. The quantitative estimate of drug-likeness (QED) is 0.746. The second-order valence-corrected chi connectivity index (χ2v) is 5.21. The van der Waals surface area contributed by atoms with E-state index in [-0.39, 0.29) is 16.9 Å². The number of benzene rings is 1. The smallest absolute Gasteiger partial charge is 0.258 e. The van der Waals surface area contributed by atoms with E-state index in [0.717, 1.165) is 5.56 Å². The van der Waals surface area contributed by atoms with Crippen LogP contribution in [0.4, 0.5) is 10.1 Å². The number of amides is 1. The van der Waals surface area contributed by atoms with Gasteiger partial charge < -0.3 is 5.32 Å². The minimum atomic E-state index is -0.357. The molecule has 0 fully saturated rings. The monoisotopic (exact) mass is 330 g/mol. The molecular weight excluding hydrogens is 319 g/mol. The molecule has 116 valence electrons. The average molecular weight is 331 g/mol. The number of halogens is 2. The van der Waals surface area contributed by atoms with Gasteiger partial charge in [0.15, 0.2) is 0 Å². The Balaban J connectivity index is 1.69. The molecule has 0 aliphatic heterocycles. The van der Waals surface area contributed by atoms with Gasteiger partial charge in [-0.1, -0.05) is 23.7 Å². The zero-order valence-electron chi connectivity index (χ0n) is 11.9. The van der Waals surface area contributed by atoms with Crippen LogP contribution in [0.1, 0.15) is 15.9 Å². The van der Waals surface area contributed by atoms with Gasteiger partial charge in [0.1, 0.15) is 11.0 Å². The van der Waals surface area contributed by atoms with Crippen molar-refractivity contribution in [3.8, 4) is 0 Å². The van der Waals surface area contributed by atoms with Crippen LogP contribution >= 0.6 is 11.6 Å². The molecule has 1 amide bonds. The lowest BCUT2D eigenvalue weighted by molar-refractivity contribution is 0.102. The van der Waals surface area contributed by atoms with Gasteiger partial charge in [-0.15, -0.1) is 0 Å². The molecule has 2 heterocycles. The van der Waals surface area contributed by atoms with Crippen molar-refractivity contribution in [2.75, 3.05) is 5.32 Å². The summed E-state index contributed by atoms with van der Waals surface area (Å²) in [7, 11) is 0. The first-order valence-electron chi connectivity index (χ1n) is 6.80. The van der Waals surface area contributed by atoms with E-state index in [1.807, 2.05) is 0 Å². The Labute approximate surface area is 136 Å². The van der Waals surface area contributed by atoms with E-state index in [1.54, 1.807) is 35.1 Å². The Hall–Kier alpha value is -2.73. The molecule has 23 heavy (non-hydrogen) atoms. The first-order chi connectivity index (χ1) is 11.1. The number of hydrogen-bond donors (Lipinski definition) is 1. The number of carbonyl (C=O) groups excluding carboxylic acids is 1. The Bertz CT molecular complexity index is 832. The maximum absolute atomic E-state index is 12.9. The fourth-order valence-electron chi connectivity index (χ4n) is 2.05. The molecule has 0 saturated heterocycles. The second-order valence-electron chi connectivity index (χ2n) is 4.85. The molecule has 0 bridgehead atoms. The third-order valence-electron chi connectivity index (χ3n) is 3.15. The van der Waals surface area contributed by atoms with Crippen LogP contribution in [-0.2, 0) is 6.54 Å². The van der Waals surface area contributed by atoms with Crippen molar-refractivity contribution in [3.63, 3.8) is 0 Å². The third kappa shape index (κ3) is 3.73. The lowest BCUT2D eigenvalue weighted by atomic mass is 10.2. The number of aromatic nitrogens is 3. The van der Waals surface area contributed by atoms with Gasteiger partial charge in [-0.25, -0.2) is 9.37 Å². The molecule has 2 aromatic heterocycles. The van der Waals surface area contributed by atoms with E-state index in [4.69, 9.17) is 11.6 Å². The van der Waals surface area contributed by atoms with Crippen molar-refractivity contribution >= 4 is 23.2 Å². The highest BCUT2D eigenvalue weighted by atomic mass is 35.5. The molecule has 0 atom stereocenters. The minimum Gasteiger partial charge on any atom is -0.319 e. The van der Waals surface area contributed by atoms with E-state index in [2.05, 4.69) is 15.4 Å². The van der Waals surface area contributed by atoms with Crippen LogP contribution < -0.4 is 5.32 Å². The normalized spacial score (nSPS) is 10.5. The third-order valence-corrected chi connectivity index (χ3v) is 3.45. The number of carbonyl (C=O) groups is 1. The lowest BCUT2D eigenvalue weighted by Gasteiger charge is -2.04. The standard InChI is InChI=1S/C16H12ClFN4O/c17-15-14(2-1-7-19-15)16(23)21-13-8-20-22(10-13)9-11-3-5-12(18)6-4-11/h1-8,10H,9H2,(H,21,23). The van der Waals surface area contributed by atoms with Crippen LogP contribution in [0.15, 0.2) is 55.0 Å². The van der Waals surface area contributed by atoms with E-state index >= 15 is 0 Å². The van der Waals surface area contributed by atoms with Gasteiger partial charge in [0, 0.05) is 12.4 Å². The molecule has 0 spiro atoms. The average Bonchev–Trinajstić information content (AvgIpc) is 2.97. The summed E-state index contributed by atoms with van der Waals surface area (Å²) in [4.78, 5) is 16.0. The Morgan fingerprint density at radius 1 is 1.26 bits per heavy atom. The van der Waals surface area contributed by atoms with Crippen molar-refractivity contribution < 1.29 is 9.18 Å². The van der Waals surface area contributed by atoms with Crippen LogP contribution in [0, 0.1) is 5.82 Å². The second kappa shape index (κ2) is 6.58. The summed E-state index contributed by atoms with van der Waals surface area (Å²) in [6, 6.07) is 9.39. The topological polar surface area (TPSA) is 59.8 Å². The highest BCUT2D eigenvalue weighted by molar-refractivity contribution is 6.33. The number of pyridine rings is 1. The predicted octanol–water partition coefficient (Wildman–Crippen LogP) is 3.37. The Morgan fingerprint density at radius 3 is 2.78 bits per heavy atom. The minimum absolute atomic E-state index is 0.142. The summed E-state index contributed by atoms with van der Waals surface area (Å²) in [6.07, 6.45) is 4.73. The molecule has 0 radical (unpaired) electrons. The van der Waals surface area contributed by atoms with E-state index in [0.29, 0.717) is 17.8 Å². The largest absolute Gasteiger partial charge is 0.319 e. The first-order valence-corrected chi connectivity index (χ1v) is 7.18. The van der Waals surface area contributed by atoms with Crippen LogP contribution in [0.2, 0.25) is 5.15 Å². The van der Waals surface area contributed by atoms with Gasteiger partial charge >= 0.3 is 0 Å². The fourth-order valence-corrected chi connectivity index (χ4v) is 2.25. The SMILES string of the molecule is O=C(Nc1cnn(Cc2ccc(F)cc2)c1)c1cccnc1Cl. The number of rotatable bonds is 4. The summed E-state index contributed by atoms with van der Waals surface area (Å²) in [6.45, 7) is 0.476. The van der Waals surface area contributed by atoms with Crippen LogP contribution in [-0.4, -0.2) is 20.7 Å². The Morgan fingerprint density at radius 2 is 2.04 bits per heavy atom. The number of nitrogens with one attached hydrogen (secondary N) is 1. The van der Waals surface area contributed by atoms with Gasteiger partial charge in [-0.2, -0.15) is 5.10 Å². The van der Waals surface area contributed by atoms with Crippen molar-refractivity contribution in [1.82, 2.24) is 14.8 Å². The van der Waals surface area contributed by atoms with Crippen LogP contribution in [0.5, 0.6) is 0 Å². The maximum atomic E-state index is 12.9. The summed E-state index contributed by atoms with van der Waals surface area (Å²) in [5.74, 6) is -0.639. The van der Waals surface area contributed by atoms with Gasteiger partial charge in [-0.3, -0.25) is 9.48 Å². The molecule has 7 heteroatoms. The molecule has 0 saturated carbocycles.